The first kappa shape index (κ1) is 13.0. The first-order valence-corrected chi connectivity index (χ1v) is 8.73. The van der Waals surface area contributed by atoms with Crippen LogP contribution in [0.2, 0.25) is 0 Å². The second kappa shape index (κ2) is 5.96. The van der Waals surface area contributed by atoms with Gasteiger partial charge in [-0.3, -0.25) is 0 Å². The molecule has 0 saturated carbocycles. The van der Waals surface area contributed by atoms with Gasteiger partial charge >= 0.3 is 0 Å². The molecule has 102 valence electrons. The zero-order chi connectivity index (χ0) is 13.1. The Kier molecular flexibility index (Phi) is 4.08. The molecule has 0 bridgehead atoms. The van der Waals surface area contributed by atoms with E-state index in [-0.39, 0.29) is 0 Å². The molecule has 1 atom stereocenters. The molecule has 1 aliphatic heterocycles. The van der Waals surface area contributed by atoms with Crippen LogP contribution in [0.15, 0.2) is 11.4 Å². The van der Waals surface area contributed by atoms with E-state index in [0.29, 0.717) is 6.04 Å². The van der Waals surface area contributed by atoms with Crippen molar-refractivity contribution in [3.63, 3.8) is 0 Å². The zero-order valence-electron chi connectivity index (χ0n) is 11.0. The van der Waals surface area contributed by atoms with Crippen LogP contribution in [0.4, 0.5) is 11.8 Å². The number of thiophene rings is 1. The molecule has 1 unspecified atom stereocenters. The highest BCUT2D eigenvalue weighted by molar-refractivity contribution is 7.99. The monoisotopic (exact) mass is 294 g/mol. The van der Waals surface area contributed by atoms with Gasteiger partial charge in [0, 0.05) is 18.3 Å². The molecule has 0 aromatic carbocycles. The predicted octanol–water partition coefficient (Wildman–Crippen LogP) is 3.43. The van der Waals surface area contributed by atoms with Gasteiger partial charge in [0.1, 0.15) is 10.6 Å². The minimum atomic E-state index is 0.544. The van der Waals surface area contributed by atoms with Crippen molar-refractivity contribution >= 4 is 45.1 Å². The quantitative estimate of drug-likeness (QED) is 0.885. The average Bonchev–Trinajstić information content (AvgIpc) is 3.06. The van der Waals surface area contributed by atoms with E-state index in [0.717, 1.165) is 34.9 Å². The van der Waals surface area contributed by atoms with E-state index in [2.05, 4.69) is 39.0 Å². The summed E-state index contributed by atoms with van der Waals surface area (Å²) in [7, 11) is 0. The van der Waals surface area contributed by atoms with E-state index in [1.54, 1.807) is 11.3 Å². The van der Waals surface area contributed by atoms with Crippen molar-refractivity contribution in [3.8, 4) is 0 Å². The van der Waals surface area contributed by atoms with E-state index in [9.17, 15) is 0 Å². The summed E-state index contributed by atoms with van der Waals surface area (Å²) in [5.74, 6) is 4.14. The lowest BCUT2D eigenvalue weighted by Crippen LogP contribution is -2.19. The molecule has 2 aromatic rings. The Hall–Kier alpha value is -1.01. The Balaban J connectivity index is 1.88. The summed E-state index contributed by atoms with van der Waals surface area (Å²) >= 11 is 3.68. The molecule has 1 aliphatic rings. The van der Waals surface area contributed by atoms with Gasteiger partial charge < -0.3 is 10.6 Å². The van der Waals surface area contributed by atoms with Gasteiger partial charge in [-0.25, -0.2) is 4.98 Å². The maximum absolute atomic E-state index is 4.64. The Morgan fingerprint density at radius 3 is 3.16 bits per heavy atom. The van der Waals surface area contributed by atoms with Crippen LogP contribution in [-0.2, 0) is 0 Å². The Labute approximate surface area is 121 Å². The average molecular weight is 294 g/mol. The maximum Gasteiger partial charge on any atom is 0.226 e. The van der Waals surface area contributed by atoms with Crippen LogP contribution in [0.5, 0.6) is 0 Å². The van der Waals surface area contributed by atoms with Crippen LogP contribution >= 0.6 is 23.1 Å². The smallest absolute Gasteiger partial charge is 0.226 e. The molecule has 19 heavy (non-hydrogen) atoms. The molecule has 6 heteroatoms. The van der Waals surface area contributed by atoms with Gasteiger partial charge in [-0.15, -0.1) is 11.3 Å². The fraction of sp³-hybridized carbons (Fsp3) is 0.538. The third kappa shape index (κ3) is 2.95. The highest BCUT2D eigenvalue weighted by atomic mass is 32.2. The molecular formula is C13H18N4S2. The summed E-state index contributed by atoms with van der Waals surface area (Å²) in [5, 5.41) is 10.1. The summed E-state index contributed by atoms with van der Waals surface area (Å²) in [4.78, 5) is 10.3. The number of fused-ring (bicyclic) bond motifs is 1. The molecule has 3 heterocycles. The number of hydrogen-bond donors (Lipinski definition) is 2. The SMILES string of the molecule is CCCNc1nc(NC2CCSC2)c2ccsc2n1. The van der Waals surface area contributed by atoms with Crippen LogP contribution < -0.4 is 10.6 Å². The largest absolute Gasteiger partial charge is 0.366 e. The van der Waals surface area contributed by atoms with Crippen molar-refractivity contribution in [1.82, 2.24) is 9.97 Å². The Morgan fingerprint density at radius 1 is 1.42 bits per heavy atom. The highest BCUT2D eigenvalue weighted by Gasteiger charge is 2.17. The van der Waals surface area contributed by atoms with Gasteiger partial charge in [0.25, 0.3) is 0 Å². The van der Waals surface area contributed by atoms with Crippen molar-refractivity contribution < 1.29 is 0 Å². The van der Waals surface area contributed by atoms with Crippen LogP contribution in [0, 0.1) is 0 Å². The lowest BCUT2D eigenvalue weighted by molar-refractivity contribution is 0.808. The number of hydrogen-bond acceptors (Lipinski definition) is 6. The van der Waals surface area contributed by atoms with Crippen LogP contribution in [0.3, 0.4) is 0 Å². The predicted molar refractivity (Wildman–Crippen MR) is 85.5 cm³/mol. The van der Waals surface area contributed by atoms with Crippen LogP contribution in [0.25, 0.3) is 10.2 Å². The van der Waals surface area contributed by atoms with Crippen molar-refractivity contribution in [3.05, 3.63) is 11.4 Å². The molecule has 2 N–H and O–H groups in total. The first-order chi connectivity index (χ1) is 9.36. The molecule has 0 aliphatic carbocycles. The molecule has 0 amide bonds. The number of aromatic nitrogens is 2. The lowest BCUT2D eigenvalue weighted by Gasteiger charge is -2.14. The molecule has 0 radical (unpaired) electrons. The van der Waals surface area contributed by atoms with Crippen molar-refractivity contribution in [2.24, 2.45) is 0 Å². The minimum Gasteiger partial charge on any atom is -0.366 e. The van der Waals surface area contributed by atoms with E-state index >= 15 is 0 Å². The molecule has 3 rings (SSSR count). The molecule has 0 spiro atoms. The fourth-order valence-electron chi connectivity index (χ4n) is 2.12. The highest BCUT2D eigenvalue weighted by Crippen LogP contribution is 2.29. The molecular weight excluding hydrogens is 276 g/mol. The van der Waals surface area contributed by atoms with E-state index < -0.39 is 0 Å². The third-order valence-electron chi connectivity index (χ3n) is 3.13. The standard InChI is InChI=1S/C13H18N4S2/c1-2-5-14-13-16-11(15-9-3-6-18-8-9)10-4-7-19-12(10)17-13/h4,7,9H,2-3,5-6,8H2,1H3,(H2,14,15,16,17). The molecule has 4 nitrogen and oxygen atoms in total. The number of nitrogens with zero attached hydrogens (tertiary/aromatic N) is 2. The third-order valence-corrected chi connectivity index (χ3v) is 5.10. The molecule has 1 fully saturated rings. The normalized spacial score (nSPS) is 18.9. The van der Waals surface area contributed by atoms with E-state index in [1.807, 2.05) is 11.8 Å². The topological polar surface area (TPSA) is 49.8 Å². The van der Waals surface area contributed by atoms with Crippen molar-refractivity contribution in [2.75, 3.05) is 28.7 Å². The second-order valence-corrected chi connectivity index (χ2v) is 6.71. The second-order valence-electron chi connectivity index (χ2n) is 4.67. The number of thioether (sulfide) groups is 1. The van der Waals surface area contributed by atoms with Crippen LogP contribution in [-0.4, -0.2) is 34.1 Å². The van der Waals surface area contributed by atoms with Crippen LogP contribution in [0.1, 0.15) is 19.8 Å². The summed E-state index contributed by atoms with van der Waals surface area (Å²) in [6.45, 7) is 3.06. The lowest BCUT2D eigenvalue weighted by atomic mass is 10.2. The van der Waals surface area contributed by atoms with E-state index in [1.165, 1.54) is 17.9 Å². The number of rotatable bonds is 5. The van der Waals surface area contributed by atoms with Crippen molar-refractivity contribution in [1.29, 1.82) is 0 Å². The number of nitrogens with one attached hydrogen (secondary N) is 2. The fourth-order valence-corrected chi connectivity index (χ4v) is 4.04. The summed E-state index contributed by atoms with van der Waals surface area (Å²) in [6, 6.07) is 2.65. The summed E-state index contributed by atoms with van der Waals surface area (Å²) in [5.41, 5.74) is 0. The van der Waals surface area contributed by atoms with Gasteiger partial charge in [-0.05, 0) is 30.0 Å². The van der Waals surface area contributed by atoms with Crippen molar-refractivity contribution in [2.45, 2.75) is 25.8 Å². The summed E-state index contributed by atoms with van der Waals surface area (Å²) in [6.07, 6.45) is 2.30. The first-order valence-electron chi connectivity index (χ1n) is 6.70. The van der Waals surface area contributed by atoms with E-state index in [4.69, 9.17) is 0 Å². The minimum absolute atomic E-state index is 0.544. The zero-order valence-corrected chi connectivity index (χ0v) is 12.6. The van der Waals surface area contributed by atoms with Gasteiger partial charge in [-0.2, -0.15) is 16.7 Å². The summed E-state index contributed by atoms with van der Waals surface area (Å²) < 4.78 is 0. The maximum atomic E-state index is 4.64. The van der Waals surface area contributed by atoms with Gasteiger partial charge in [0.05, 0.1) is 5.39 Å². The Morgan fingerprint density at radius 2 is 2.37 bits per heavy atom. The van der Waals surface area contributed by atoms with Gasteiger partial charge in [-0.1, -0.05) is 6.92 Å². The molecule has 1 saturated heterocycles. The van der Waals surface area contributed by atoms with Gasteiger partial charge in [0.15, 0.2) is 0 Å². The van der Waals surface area contributed by atoms with Gasteiger partial charge in [0.2, 0.25) is 5.95 Å². The molecule has 2 aromatic heterocycles. The Bertz CT molecular complexity index is 549. The number of anilines is 2.